The second-order valence-electron chi connectivity index (χ2n) is 10.8. The first-order valence-corrected chi connectivity index (χ1v) is 13.2. The Morgan fingerprint density at radius 2 is 1.89 bits per heavy atom. The predicted molar refractivity (Wildman–Crippen MR) is 145 cm³/mol. The molecule has 2 aromatic carbocycles. The lowest BCUT2D eigenvalue weighted by atomic mass is 9.83. The van der Waals surface area contributed by atoms with E-state index in [1.165, 1.54) is 6.07 Å². The molecule has 0 saturated carbocycles. The van der Waals surface area contributed by atoms with Gasteiger partial charge in [-0.15, -0.1) is 0 Å². The predicted octanol–water partition coefficient (Wildman–Crippen LogP) is 3.68. The second-order valence-corrected chi connectivity index (χ2v) is 10.8. The second kappa shape index (κ2) is 9.34. The lowest BCUT2D eigenvalue weighted by Crippen LogP contribution is -2.59. The number of hydrogen-bond donors (Lipinski definition) is 2. The number of hydrogen-bond acceptors (Lipinski definition) is 7. The highest BCUT2D eigenvalue weighted by molar-refractivity contribution is 5.95. The van der Waals surface area contributed by atoms with Crippen LogP contribution >= 0.6 is 0 Å². The van der Waals surface area contributed by atoms with Gasteiger partial charge in [0.2, 0.25) is 0 Å². The van der Waals surface area contributed by atoms with E-state index < -0.39 is 0 Å². The Morgan fingerprint density at radius 1 is 1.03 bits per heavy atom. The molecule has 3 aliphatic heterocycles. The average Bonchev–Trinajstić information content (AvgIpc) is 3.33. The molecular formula is C29H31FN6O2. The first-order chi connectivity index (χ1) is 18.6. The Balaban J connectivity index is 1.37. The van der Waals surface area contributed by atoms with Crippen LogP contribution in [-0.4, -0.2) is 79.6 Å². The van der Waals surface area contributed by atoms with Gasteiger partial charge in [-0.05, 0) is 36.9 Å². The maximum atomic E-state index is 15.2. The zero-order chi connectivity index (χ0) is 25.7. The number of benzene rings is 2. The Kier molecular flexibility index (Phi) is 5.79. The smallest absolute Gasteiger partial charge is 0.143 e. The highest BCUT2D eigenvalue weighted by atomic mass is 19.1. The van der Waals surface area contributed by atoms with Crippen molar-refractivity contribution < 1.29 is 13.9 Å². The SMILES string of the molecule is CN1CCN(c2ccc3cc2OCC2(CNC2)COCc2cccc(F)c2-c2cc4c-3n[nH]c4cn2)CC1. The number of pyridine rings is 1. The van der Waals surface area contributed by atoms with Crippen molar-refractivity contribution in [3.63, 3.8) is 0 Å². The van der Waals surface area contributed by atoms with Crippen LogP contribution in [0.4, 0.5) is 10.1 Å². The van der Waals surface area contributed by atoms with Gasteiger partial charge in [0.1, 0.15) is 17.3 Å². The summed E-state index contributed by atoms with van der Waals surface area (Å²) >= 11 is 0. The van der Waals surface area contributed by atoms with Crippen molar-refractivity contribution >= 4 is 16.6 Å². The van der Waals surface area contributed by atoms with Crippen LogP contribution in [0.3, 0.4) is 0 Å². The fourth-order valence-corrected chi connectivity index (χ4v) is 5.67. The van der Waals surface area contributed by atoms with Crippen molar-refractivity contribution in [1.29, 1.82) is 0 Å². The van der Waals surface area contributed by atoms with Gasteiger partial charge in [0, 0.05) is 55.8 Å². The summed E-state index contributed by atoms with van der Waals surface area (Å²) in [5.74, 6) is 0.544. The van der Waals surface area contributed by atoms with Gasteiger partial charge in [0.25, 0.3) is 0 Å². The number of nitrogens with one attached hydrogen (secondary N) is 2. The van der Waals surface area contributed by atoms with Gasteiger partial charge in [-0.25, -0.2) is 4.39 Å². The molecule has 2 aromatic heterocycles. The Hall–Kier alpha value is -3.53. The highest BCUT2D eigenvalue weighted by Crippen LogP contribution is 2.38. The number of halogens is 1. The molecule has 3 aliphatic rings. The molecule has 0 aliphatic carbocycles. The fraction of sp³-hybridized carbons (Fsp3) is 0.379. The Bertz CT molecular complexity index is 1490. The van der Waals surface area contributed by atoms with Gasteiger partial charge < -0.3 is 24.6 Å². The van der Waals surface area contributed by atoms with Crippen LogP contribution in [0.25, 0.3) is 33.4 Å². The number of aromatic nitrogens is 3. The summed E-state index contributed by atoms with van der Waals surface area (Å²) in [6.07, 6.45) is 1.72. The fourth-order valence-electron chi connectivity index (χ4n) is 5.67. The molecule has 7 rings (SSSR count). The third-order valence-corrected chi connectivity index (χ3v) is 8.08. The van der Waals surface area contributed by atoms with Gasteiger partial charge in [0.05, 0.1) is 48.3 Å². The lowest BCUT2D eigenvalue weighted by Gasteiger charge is -2.42. The summed E-state index contributed by atoms with van der Waals surface area (Å²) < 4.78 is 28.0. The quantitative estimate of drug-likeness (QED) is 0.401. The van der Waals surface area contributed by atoms with Gasteiger partial charge in [0.15, 0.2) is 0 Å². The van der Waals surface area contributed by atoms with Crippen molar-refractivity contribution in [2.24, 2.45) is 5.41 Å². The minimum atomic E-state index is -0.311. The summed E-state index contributed by atoms with van der Waals surface area (Å²) in [6, 6.07) is 13.4. The Morgan fingerprint density at radius 3 is 2.71 bits per heavy atom. The maximum Gasteiger partial charge on any atom is 0.143 e. The van der Waals surface area contributed by atoms with Crippen molar-refractivity contribution in [1.82, 2.24) is 25.4 Å². The van der Waals surface area contributed by atoms with Crippen LogP contribution < -0.4 is 15.0 Å². The summed E-state index contributed by atoms with van der Waals surface area (Å²) in [5, 5.41) is 12.0. The van der Waals surface area contributed by atoms with Crippen LogP contribution in [0.5, 0.6) is 5.75 Å². The molecular weight excluding hydrogens is 483 g/mol. The number of fused-ring (bicyclic) bond motifs is 6. The molecule has 4 aromatic rings. The standard InChI is InChI=1S/C29H31FN6O2/c1-35-7-9-36(10-8-35)25-6-5-19-11-26(25)38-18-29(15-31-16-29)17-37-14-20-3-2-4-22(30)27(20)23-12-21-24(13-32-23)33-34-28(19)21/h2-6,11-13,31H,7-10,14-18H2,1H3,(H,33,34). The topological polar surface area (TPSA) is 78.5 Å². The van der Waals surface area contributed by atoms with E-state index in [0.29, 0.717) is 31.1 Å². The van der Waals surface area contributed by atoms with Crippen LogP contribution in [0.15, 0.2) is 48.7 Å². The number of aromatic amines is 1. The molecule has 38 heavy (non-hydrogen) atoms. The number of nitrogens with zero attached hydrogens (tertiary/aromatic N) is 4. The molecule has 5 heterocycles. The van der Waals surface area contributed by atoms with Crippen molar-refractivity contribution in [3.8, 4) is 28.3 Å². The van der Waals surface area contributed by atoms with Crippen molar-refractivity contribution in [2.45, 2.75) is 6.61 Å². The average molecular weight is 515 g/mol. The number of likely N-dealkylation sites (N-methyl/N-ethyl adjacent to an activating group) is 1. The van der Waals surface area contributed by atoms with E-state index >= 15 is 4.39 Å². The minimum absolute atomic E-state index is 0.140. The third-order valence-electron chi connectivity index (χ3n) is 8.08. The van der Waals surface area contributed by atoms with E-state index in [2.05, 4.69) is 55.5 Å². The summed E-state index contributed by atoms with van der Waals surface area (Å²) in [4.78, 5) is 9.34. The molecule has 2 saturated heterocycles. The van der Waals surface area contributed by atoms with Crippen LogP contribution in [0.2, 0.25) is 0 Å². The number of anilines is 1. The van der Waals surface area contributed by atoms with E-state index in [1.54, 1.807) is 12.3 Å². The molecule has 8 nitrogen and oxygen atoms in total. The highest BCUT2D eigenvalue weighted by Gasteiger charge is 2.39. The molecule has 9 heteroatoms. The molecule has 0 unspecified atom stereocenters. The largest absolute Gasteiger partial charge is 0.491 e. The molecule has 0 amide bonds. The van der Waals surface area contributed by atoms with Crippen LogP contribution in [-0.2, 0) is 11.3 Å². The van der Waals surface area contributed by atoms with Gasteiger partial charge in [-0.2, -0.15) is 5.10 Å². The van der Waals surface area contributed by atoms with E-state index in [9.17, 15) is 0 Å². The maximum absolute atomic E-state index is 15.2. The van der Waals surface area contributed by atoms with E-state index in [1.807, 2.05) is 12.1 Å². The zero-order valence-corrected chi connectivity index (χ0v) is 21.5. The molecule has 2 N–H and O–H groups in total. The third kappa shape index (κ3) is 4.11. The normalized spacial score (nSPS) is 19.5. The van der Waals surface area contributed by atoms with Crippen molar-refractivity contribution in [2.75, 3.05) is 64.4 Å². The molecule has 0 atom stereocenters. The first kappa shape index (κ1) is 23.6. The first-order valence-electron chi connectivity index (χ1n) is 13.2. The van der Waals surface area contributed by atoms with Gasteiger partial charge >= 0.3 is 0 Å². The monoisotopic (exact) mass is 514 g/mol. The molecule has 196 valence electrons. The number of piperazine rings is 1. The number of ether oxygens (including phenoxy) is 2. The van der Waals surface area contributed by atoms with Crippen LogP contribution in [0, 0.1) is 11.2 Å². The molecule has 4 bridgehead atoms. The lowest BCUT2D eigenvalue weighted by molar-refractivity contribution is -0.0250. The zero-order valence-electron chi connectivity index (χ0n) is 21.5. The molecule has 0 radical (unpaired) electrons. The van der Waals surface area contributed by atoms with Crippen LogP contribution in [0.1, 0.15) is 5.56 Å². The molecule has 2 fully saturated rings. The molecule has 1 spiro atoms. The van der Waals surface area contributed by atoms with Gasteiger partial charge in [-0.3, -0.25) is 10.1 Å². The number of H-pyrrole nitrogens is 1. The van der Waals surface area contributed by atoms with E-state index in [4.69, 9.17) is 9.47 Å². The summed E-state index contributed by atoms with van der Waals surface area (Å²) in [5.41, 5.74) is 5.32. The summed E-state index contributed by atoms with van der Waals surface area (Å²) in [6.45, 7) is 6.91. The van der Waals surface area contributed by atoms with E-state index in [0.717, 1.165) is 78.4 Å². The Labute approximate surface area is 220 Å². The van der Waals surface area contributed by atoms with Crippen molar-refractivity contribution in [3.05, 3.63) is 60.0 Å². The summed E-state index contributed by atoms with van der Waals surface area (Å²) in [7, 11) is 2.16. The van der Waals surface area contributed by atoms with Gasteiger partial charge in [-0.1, -0.05) is 18.2 Å². The minimum Gasteiger partial charge on any atom is -0.491 e. The number of rotatable bonds is 1. The van der Waals surface area contributed by atoms with E-state index in [-0.39, 0.29) is 11.2 Å².